The zero-order valence-electron chi connectivity index (χ0n) is 13.8. The van der Waals surface area contributed by atoms with Gasteiger partial charge in [-0.2, -0.15) is 0 Å². The van der Waals surface area contributed by atoms with Crippen LogP contribution in [0.3, 0.4) is 0 Å². The number of benzene rings is 1. The number of aryl methyl sites for hydroxylation is 3. The molecule has 0 bridgehead atoms. The minimum Gasteiger partial charge on any atom is -0.491 e. The molecule has 0 N–H and O–H groups in total. The van der Waals surface area contributed by atoms with Crippen LogP contribution in [0.4, 0.5) is 0 Å². The van der Waals surface area contributed by atoms with Crippen molar-refractivity contribution in [1.82, 2.24) is 4.90 Å². The highest BCUT2D eigenvalue weighted by Crippen LogP contribution is 2.30. The fraction of sp³-hybridized carbons (Fsp3) is 0.421. The first-order valence-corrected chi connectivity index (χ1v) is 9.02. The van der Waals surface area contributed by atoms with Crippen LogP contribution in [0.2, 0.25) is 0 Å². The highest BCUT2D eigenvalue weighted by molar-refractivity contribution is 7.14. The van der Waals surface area contributed by atoms with Crippen molar-refractivity contribution in [2.24, 2.45) is 0 Å². The van der Waals surface area contributed by atoms with Gasteiger partial charge in [0.15, 0.2) is 0 Å². The van der Waals surface area contributed by atoms with Crippen molar-refractivity contribution in [2.45, 2.75) is 32.6 Å². The second kappa shape index (κ2) is 7.18. The molecule has 4 heteroatoms. The summed E-state index contributed by atoms with van der Waals surface area (Å²) in [5, 5.41) is 0. The normalized spacial score (nSPS) is 13.5. The van der Waals surface area contributed by atoms with Gasteiger partial charge >= 0.3 is 0 Å². The topological polar surface area (TPSA) is 29.5 Å². The zero-order chi connectivity index (χ0) is 16.2. The highest BCUT2D eigenvalue weighted by atomic mass is 32.1. The van der Waals surface area contributed by atoms with Crippen molar-refractivity contribution >= 4 is 17.2 Å². The summed E-state index contributed by atoms with van der Waals surface area (Å²) in [7, 11) is 1.85. The third-order valence-electron chi connectivity index (χ3n) is 4.33. The lowest BCUT2D eigenvalue weighted by Gasteiger charge is -2.17. The van der Waals surface area contributed by atoms with Crippen molar-refractivity contribution in [3.63, 3.8) is 0 Å². The number of hydrogen-bond donors (Lipinski definition) is 0. The van der Waals surface area contributed by atoms with E-state index in [1.165, 1.54) is 23.3 Å². The van der Waals surface area contributed by atoms with Gasteiger partial charge in [-0.25, -0.2) is 0 Å². The Balaban J connectivity index is 1.55. The van der Waals surface area contributed by atoms with Gasteiger partial charge in [0.1, 0.15) is 12.4 Å². The fourth-order valence-electron chi connectivity index (χ4n) is 2.90. The van der Waals surface area contributed by atoms with Crippen LogP contribution in [0.1, 0.15) is 38.5 Å². The minimum atomic E-state index is 0.109. The summed E-state index contributed by atoms with van der Waals surface area (Å²) < 4.78 is 5.78. The number of likely N-dealkylation sites (N-methyl/N-ethyl adjacent to an activating group) is 1. The van der Waals surface area contributed by atoms with Crippen LogP contribution in [0.25, 0.3) is 0 Å². The van der Waals surface area contributed by atoms with Crippen LogP contribution in [0, 0.1) is 6.92 Å². The third-order valence-corrected chi connectivity index (χ3v) is 5.56. The SMILES string of the molecule is Cc1ccccc1OCCN(C)C(=O)c1cc2c(s1)CCCC2. The average Bonchev–Trinajstić information content (AvgIpc) is 2.99. The monoisotopic (exact) mass is 329 g/mol. The lowest BCUT2D eigenvalue weighted by Crippen LogP contribution is -2.30. The average molecular weight is 329 g/mol. The maximum absolute atomic E-state index is 12.6. The number of para-hydroxylation sites is 1. The molecule has 1 aromatic carbocycles. The molecule has 0 fully saturated rings. The molecule has 0 saturated heterocycles. The van der Waals surface area contributed by atoms with Crippen LogP contribution in [-0.4, -0.2) is 31.0 Å². The maximum Gasteiger partial charge on any atom is 0.263 e. The van der Waals surface area contributed by atoms with Gasteiger partial charge in [0.2, 0.25) is 0 Å². The Morgan fingerprint density at radius 2 is 2.04 bits per heavy atom. The molecule has 0 unspecified atom stereocenters. The number of thiophene rings is 1. The second-order valence-electron chi connectivity index (χ2n) is 6.11. The second-order valence-corrected chi connectivity index (χ2v) is 7.24. The first kappa shape index (κ1) is 16.1. The minimum absolute atomic E-state index is 0.109. The quantitative estimate of drug-likeness (QED) is 0.827. The first-order chi connectivity index (χ1) is 11.1. The Labute approximate surface area is 141 Å². The van der Waals surface area contributed by atoms with Gasteiger partial charge in [-0.3, -0.25) is 4.79 Å². The molecule has 122 valence electrons. The molecular weight excluding hydrogens is 306 g/mol. The van der Waals surface area contributed by atoms with Crippen LogP contribution in [0.5, 0.6) is 5.75 Å². The van der Waals surface area contributed by atoms with Gasteiger partial charge in [0.25, 0.3) is 5.91 Å². The van der Waals surface area contributed by atoms with E-state index in [0.717, 1.165) is 29.0 Å². The molecule has 0 atom stereocenters. The summed E-state index contributed by atoms with van der Waals surface area (Å²) >= 11 is 1.67. The fourth-order valence-corrected chi connectivity index (χ4v) is 4.14. The molecule has 1 heterocycles. The Hall–Kier alpha value is -1.81. The number of carbonyl (C=O) groups excluding carboxylic acids is 1. The van der Waals surface area contributed by atoms with Crippen molar-refractivity contribution < 1.29 is 9.53 Å². The summed E-state index contributed by atoms with van der Waals surface area (Å²) in [6, 6.07) is 10.1. The van der Waals surface area contributed by atoms with E-state index in [9.17, 15) is 4.79 Å². The van der Waals surface area contributed by atoms with E-state index in [2.05, 4.69) is 6.07 Å². The predicted octanol–water partition coefficient (Wildman–Crippen LogP) is 4.09. The molecule has 2 aromatic rings. The number of amides is 1. The van der Waals surface area contributed by atoms with Crippen LogP contribution < -0.4 is 4.74 Å². The molecule has 23 heavy (non-hydrogen) atoms. The summed E-state index contributed by atoms with van der Waals surface area (Å²) in [5.74, 6) is 0.998. The van der Waals surface area contributed by atoms with Crippen molar-refractivity contribution in [1.29, 1.82) is 0 Å². The van der Waals surface area contributed by atoms with Crippen LogP contribution >= 0.6 is 11.3 Å². The molecule has 3 nitrogen and oxygen atoms in total. The largest absolute Gasteiger partial charge is 0.491 e. The Morgan fingerprint density at radius 3 is 2.83 bits per heavy atom. The first-order valence-electron chi connectivity index (χ1n) is 8.20. The van der Waals surface area contributed by atoms with Gasteiger partial charge in [-0.05, 0) is 55.9 Å². The van der Waals surface area contributed by atoms with Gasteiger partial charge < -0.3 is 9.64 Å². The molecule has 0 aliphatic heterocycles. The number of hydrogen-bond acceptors (Lipinski definition) is 3. The number of rotatable bonds is 5. The lowest BCUT2D eigenvalue weighted by atomic mass is 9.99. The molecular formula is C19H23NO2S. The van der Waals surface area contributed by atoms with E-state index < -0.39 is 0 Å². The molecule has 1 aliphatic rings. The van der Waals surface area contributed by atoms with E-state index in [1.54, 1.807) is 16.2 Å². The van der Waals surface area contributed by atoms with Crippen LogP contribution in [-0.2, 0) is 12.8 Å². The molecule has 3 rings (SSSR count). The summed E-state index contributed by atoms with van der Waals surface area (Å²) in [6.45, 7) is 3.13. The van der Waals surface area contributed by atoms with E-state index in [-0.39, 0.29) is 5.91 Å². The van der Waals surface area contributed by atoms with E-state index >= 15 is 0 Å². The zero-order valence-corrected chi connectivity index (χ0v) is 14.6. The number of nitrogens with zero attached hydrogens (tertiary/aromatic N) is 1. The van der Waals surface area contributed by atoms with E-state index in [1.807, 2.05) is 38.2 Å². The van der Waals surface area contributed by atoms with Gasteiger partial charge in [0, 0.05) is 11.9 Å². The number of fused-ring (bicyclic) bond motifs is 1. The van der Waals surface area contributed by atoms with Crippen molar-refractivity contribution in [3.8, 4) is 5.75 Å². The highest BCUT2D eigenvalue weighted by Gasteiger charge is 2.19. The van der Waals surface area contributed by atoms with Crippen molar-refractivity contribution in [3.05, 3.63) is 51.2 Å². The standard InChI is InChI=1S/C19H23NO2S/c1-14-7-3-5-9-16(14)22-12-11-20(2)19(21)18-13-15-8-4-6-10-17(15)23-18/h3,5,7,9,13H,4,6,8,10-12H2,1-2H3. The van der Waals surface area contributed by atoms with Crippen molar-refractivity contribution in [2.75, 3.05) is 20.2 Å². The number of ether oxygens (including phenoxy) is 1. The molecule has 0 spiro atoms. The Morgan fingerprint density at radius 1 is 1.26 bits per heavy atom. The summed E-state index contributed by atoms with van der Waals surface area (Å²) in [5.41, 5.74) is 2.50. The lowest BCUT2D eigenvalue weighted by molar-refractivity contribution is 0.0778. The molecule has 0 saturated carbocycles. The third kappa shape index (κ3) is 3.75. The van der Waals surface area contributed by atoms with E-state index in [4.69, 9.17) is 4.74 Å². The molecule has 1 amide bonds. The number of carbonyl (C=O) groups is 1. The molecule has 1 aromatic heterocycles. The van der Waals surface area contributed by atoms with E-state index in [0.29, 0.717) is 13.2 Å². The smallest absolute Gasteiger partial charge is 0.263 e. The summed E-state index contributed by atoms with van der Waals surface area (Å²) in [6.07, 6.45) is 4.76. The maximum atomic E-state index is 12.6. The van der Waals surface area contributed by atoms with Gasteiger partial charge in [0.05, 0.1) is 11.4 Å². The molecule has 0 radical (unpaired) electrons. The van der Waals surface area contributed by atoms with Crippen LogP contribution in [0.15, 0.2) is 30.3 Å². The predicted molar refractivity (Wildman–Crippen MR) is 94.6 cm³/mol. The Bertz CT molecular complexity index is 669. The summed E-state index contributed by atoms with van der Waals surface area (Å²) in [4.78, 5) is 16.6. The Kier molecular flexibility index (Phi) is 5.01. The van der Waals surface area contributed by atoms with Gasteiger partial charge in [-0.15, -0.1) is 11.3 Å². The molecule has 1 aliphatic carbocycles. The van der Waals surface area contributed by atoms with Gasteiger partial charge in [-0.1, -0.05) is 18.2 Å².